The third-order valence-corrected chi connectivity index (χ3v) is 4.90. The molecule has 0 atom stereocenters. The number of anilines is 1. The highest BCUT2D eigenvalue weighted by atomic mass is 32.2. The largest absolute Gasteiger partial charge is 0.477 e. The van der Waals surface area contributed by atoms with Gasteiger partial charge in [-0.05, 0) is 45.2 Å². The Balaban J connectivity index is 2.38. The van der Waals surface area contributed by atoms with Gasteiger partial charge in [-0.3, -0.25) is 4.72 Å². The van der Waals surface area contributed by atoms with E-state index >= 15 is 0 Å². The molecule has 4 N–H and O–H groups in total. The monoisotopic (exact) mass is 415 g/mol. The molecule has 0 saturated carbocycles. The summed E-state index contributed by atoms with van der Waals surface area (Å²) in [6, 6.07) is 8.02. The van der Waals surface area contributed by atoms with Gasteiger partial charge in [-0.15, -0.1) is 0 Å². The molecule has 0 bridgehead atoms. The van der Waals surface area contributed by atoms with E-state index in [1.54, 1.807) is 27.1 Å². The fourth-order valence-corrected chi connectivity index (χ4v) is 3.06. The average molecular weight is 416 g/mol. The van der Waals surface area contributed by atoms with E-state index in [4.69, 9.17) is 15.1 Å². The first-order valence-electron chi connectivity index (χ1n) is 9.35. The molecule has 1 aromatic carbocycles. The first-order chi connectivity index (χ1) is 13.7. The van der Waals surface area contributed by atoms with Gasteiger partial charge in [0, 0.05) is 37.0 Å². The fourth-order valence-electron chi connectivity index (χ4n) is 2.53. The van der Waals surface area contributed by atoms with E-state index in [-0.39, 0.29) is 0 Å². The van der Waals surface area contributed by atoms with Crippen molar-refractivity contribution in [1.29, 1.82) is 5.41 Å². The third kappa shape index (κ3) is 6.76. The molecule has 0 spiro atoms. The van der Waals surface area contributed by atoms with Crippen molar-refractivity contribution in [1.82, 2.24) is 15.3 Å². The van der Waals surface area contributed by atoms with E-state index in [9.17, 15) is 5.11 Å². The molecule has 0 aliphatic rings. The third-order valence-electron chi connectivity index (χ3n) is 4.14. The Labute approximate surface area is 176 Å². The molecule has 2 aromatic rings. The maximum atomic E-state index is 9.95. The van der Waals surface area contributed by atoms with Crippen LogP contribution in [0.2, 0.25) is 0 Å². The minimum Gasteiger partial charge on any atom is -0.477 e. The normalized spacial score (nSPS) is 11.9. The van der Waals surface area contributed by atoms with Gasteiger partial charge < -0.3 is 20.6 Å². The highest BCUT2D eigenvalue weighted by Gasteiger charge is 2.17. The maximum Gasteiger partial charge on any atom is 0.237 e. The number of ether oxygens (including phenoxy) is 1. The predicted molar refractivity (Wildman–Crippen MR) is 120 cm³/mol. The van der Waals surface area contributed by atoms with Crippen molar-refractivity contribution in [3.8, 4) is 17.1 Å². The number of allylic oxidation sites excluding steroid dienone is 1. The second kappa shape index (κ2) is 10.3. The van der Waals surface area contributed by atoms with Crippen LogP contribution in [0, 0.1) is 19.3 Å². The van der Waals surface area contributed by atoms with Crippen molar-refractivity contribution in [3.05, 3.63) is 46.5 Å². The molecule has 7 nitrogen and oxygen atoms in total. The molecule has 0 aliphatic carbocycles. The number of nitrogens with one attached hydrogen (secondary N) is 3. The van der Waals surface area contributed by atoms with Crippen LogP contribution in [0.1, 0.15) is 31.4 Å². The topological polar surface area (TPSA) is 103 Å². The van der Waals surface area contributed by atoms with E-state index in [0.29, 0.717) is 29.8 Å². The summed E-state index contributed by atoms with van der Waals surface area (Å²) >= 11 is 1.23. The zero-order valence-corrected chi connectivity index (χ0v) is 18.4. The van der Waals surface area contributed by atoms with Crippen molar-refractivity contribution in [2.24, 2.45) is 0 Å². The smallest absolute Gasteiger partial charge is 0.237 e. The lowest BCUT2D eigenvalue weighted by atomic mass is 10.0. The van der Waals surface area contributed by atoms with Gasteiger partial charge in [0.25, 0.3) is 0 Å². The van der Waals surface area contributed by atoms with Crippen LogP contribution in [0.3, 0.4) is 0 Å². The summed E-state index contributed by atoms with van der Waals surface area (Å²) in [6.45, 7) is 7.81. The summed E-state index contributed by atoms with van der Waals surface area (Å²) in [5.74, 6) is 0.862. The van der Waals surface area contributed by atoms with Gasteiger partial charge in [0.15, 0.2) is 0 Å². The molecule has 0 fully saturated rings. The molecule has 0 amide bonds. The molecule has 29 heavy (non-hydrogen) atoms. The van der Waals surface area contributed by atoms with Gasteiger partial charge in [0.1, 0.15) is 0 Å². The van der Waals surface area contributed by atoms with Gasteiger partial charge >= 0.3 is 0 Å². The molecule has 2 rings (SSSR count). The number of aliphatic hydroxyl groups is 1. The van der Waals surface area contributed by atoms with Gasteiger partial charge in [-0.2, -0.15) is 4.98 Å². The highest BCUT2D eigenvalue weighted by molar-refractivity contribution is 8.05. The second-order valence-corrected chi connectivity index (χ2v) is 8.12. The van der Waals surface area contributed by atoms with E-state index in [2.05, 4.69) is 15.0 Å². The van der Waals surface area contributed by atoms with Crippen molar-refractivity contribution in [2.45, 2.75) is 39.7 Å². The van der Waals surface area contributed by atoms with Gasteiger partial charge in [-0.1, -0.05) is 24.3 Å². The number of aromatic nitrogens is 2. The lowest BCUT2D eigenvalue weighted by molar-refractivity contribution is 0.0546. The lowest BCUT2D eigenvalue weighted by Crippen LogP contribution is -2.22. The van der Waals surface area contributed by atoms with Crippen LogP contribution in [-0.2, 0) is 0 Å². The maximum absolute atomic E-state index is 9.95. The van der Waals surface area contributed by atoms with Gasteiger partial charge in [0.2, 0.25) is 11.8 Å². The summed E-state index contributed by atoms with van der Waals surface area (Å²) in [4.78, 5) is 9.88. The number of benzene rings is 1. The average Bonchev–Trinajstić information content (AvgIpc) is 2.66. The number of hydrogen-bond donors (Lipinski definition) is 4. The van der Waals surface area contributed by atoms with Crippen molar-refractivity contribution >= 4 is 24.1 Å². The molecule has 0 radical (unpaired) electrons. The van der Waals surface area contributed by atoms with Crippen molar-refractivity contribution < 1.29 is 9.84 Å². The van der Waals surface area contributed by atoms with Crippen LogP contribution in [0.25, 0.3) is 11.3 Å². The Kier molecular flexibility index (Phi) is 8.04. The second-order valence-electron chi connectivity index (χ2n) is 7.24. The van der Waals surface area contributed by atoms with Crippen LogP contribution in [0.15, 0.2) is 35.4 Å². The van der Waals surface area contributed by atoms with Crippen LogP contribution in [0.5, 0.6) is 5.88 Å². The minimum atomic E-state index is -0.812. The van der Waals surface area contributed by atoms with Crippen molar-refractivity contribution in [3.63, 3.8) is 0 Å². The number of rotatable bonds is 10. The molecule has 1 heterocycles. The molecule has 1 aromatic heterocycles. The SMILES string of the molecule is CN/C=C(\C=N)SNc1nc(OCCC(C)(C)O)c(C)c(-c2ccccc2C)n1. The van der Waals surface area contributed by atoms with Crippen LogP contribution in [0.4, 0.5) is 5.95 Å². The molecule has 8 heteroatoms. The van der Waals surface area contributed by atoms with E-state index in [0.717, 1.165) is 22.4 Å². The summed E-state index contributed by atoms with van der Waals surface area (Å²) in [5, 5.41) is 20.3. The molecule has 156 valence electrons. The zero-order valence-electron chi connectivity index (χ0n) is 17.5. The van der Waals surface area contributed by atoms with Gasteiger partial charge in [0.05, 0.1) is 22.8 Å². The summed E-state index contributed by atoms with van der Waals surface area (Å²) < 4.78 is 8.99. The predicted octanol–water partition coefficient (Wildman–Crippen LogP) is 4.07. The zero-order chi connectivity index (χ0) is 21.4. The lowest BCUT2D eigenvalue weighted by Gasteiger charge is -2.19. The molecule has 0 aliphatic heterocycles. The van der Waals surface area contributed by atoms with Crippen molar-refractivity contribution in [2.75, 3.05) is 18.4 Å². The first-order valence-corrected chi connectivity index (χ1v) is 10.2. The van der Waals surface area contributed by atoms with E-state index in [1.165, 1.54) is 18.2 Å². The van der Waals surface area contributed by atoms with E-state index in [1.807, 2.05) is 38.1 Å². The van der Waals surface area contributed by atoms with Crippen LogP contribution < -0.4 is 14.8 Å². The summed E-state index contributed by atoms with van der Waals surface area (Å²) in [7, 11) is 1.78. The standard InChI is InChI=1S/C21H29N5O2S/c1-14-8-6-7-9-17(14)18-15(2)19(28-11-10-21(3,4)27)25-20(24-18)26-29-16(12-22)13-23-5/h6-9,12-13,22-23,27H,10-11H2,1-5H3,(H,24,25,26)/b16-13+,22-12?. The van der Waals surface area contributed by atoms with Crippen LogP contribution in [-0.4, -0.2) is 40.5 Å². The fraction of sp³-hybridized carbons (Fsp3) is 0.381. The van der Waals surface area contributed by atoms with E-state index < -0.39 is 5.60 Å². The highest BCUT2D eigenvalue weighted by Crippen LogP contribution is 2.31. The minimum absolute atomic E-state index is 0.340. The summed E-state index contributed by atoms with van der Waals surface area (Å²) in [6.07, 6.45) is 3.43. The molecular formula is C21H29N5O2S. The Morgan fingerprint density at radius 2 is 2.00 bits per heavy atom. The number of nitrogens with zero attached hydrogens (tertiary/aromatic N) is 2. The molecule has 0 saturated heterocycles. The Hall–Kier alpha value is -2.58. The summed E-state index contributed by atoms with van der Waals surface area (Å²) in [5.41, 5.74) is 2.92. The Morgan fingerprint density at radius 3 is 2.62 bits per heavy atom. The Bertz CT molecular complexity index is 878. The first kappa shape index (κ1) is 22.7. The Morgan fingerprint density at radius 1 is 1.28 bits per heavy atom. The van der Waals surface area contributed by atoms with Gasteiger partial charge in [-0.25, -0.2) is 4.98 Å². The van der Waals surface area contributed by atoms with Crippen LogP contribution >= 0.6 is 11.9 Å². The number of hydrogen-bond acceptors (Lipinski definition) is 8. The molecule has 0 unspecified atom stereocenters. The quantitative estimate of drug-likeness (QED) is 0.342. The molecular weight excluding hydrogens is 386 g/mol. The number of aryl methyl sites for hydroxylation is 1.